The zero-order valence-electron chi connectivity index (χ0n) is 12.9. The number of para-hydroxylation sites is 1. The van der Waals surface area contributed by atoms with Crippen molar-refractivity contribution < 1.29 is 24.2 Å². The van der Waals surface area contributed by atoms with Gasteiger partial charge in [0.2, 0.25) is 5.91 Å². The van der Waals surface area contributed by atoms with Crippen molar-refractivity contribution in [1.29, 1.82) is 0 Å². The first-order chi connectivity index (χ1) is 11.1. The maximum Gasteiger partial charge on any atom is 0.306 e. The molecule has 3 rings (SSSR count). The number of aliphatic carboxylic acids is 1. The summed E-state index contributed by atoms with van der Waals surface area (Å²) in [5, 5.41) is 8.86. The highest BCUT2D eigenvalue weighted by molar-refractivity contribution is 5.77. The summed E-state index contributed by atoms with van der Waals surface area (Å²) in [4.78, 5) is 25.1. The van der Waals surface area contributed by atoms with Gasteiger partial charge >= 0.3 is 5.97 Å². The van der Waals surface area contributed by atoms with Crippen LogP contribution < -0.4 is 4.74 Å². The summed E-state index contributed by atoms with van der Waals surface area (Å²) in [5.41, 5.74) is 1.09. The first-order valence-corrected chi connectivity index (χ1v) is 7.96. The molecule has 1 N–H and O–H groups in total. The van der Waals surface area contributed by atoms with Crippen LogP contribution in [0.4, 0.5) is 0 Å². The molecule has 0 aromatic heterocycles. The van der Waals surface area contributed by atoms with E-state index in [-0.39, 0.29) is 18.2 Å². The van der Waals surface area contributed by atoms with Crippen molar-refractivity contribution in [2.45, 2.75) is 31.3 Å². The molecule has 124 valence electrons. The molecule has 2 aliphatic rings. The van der Waals surface area contributed by atoms with E-state index >= 15 is 0 Å². The molecule has 2 aliphatic heterocycles. The number of fused-ring (bicyclic) bond motifs is 1. The Morgan fingerprint density at radius 3 is 2.87 bits per heavy atom. The van der Waals surface area contributed by atoms with Crippen molar-refractivity contribution in [3.05, 3.63) is 29.8 Å². The van der Waals surface area contributed by atoms with Crippen LogP contribution in [-0.2, 0) is 14.3 Å². The Bertz CT molecular complexity index is 588. The second-order valence-electron chi connectivity index (χ2n) is 6.01. The molecule has 0 bridgehead atoms. The molecule has 1 aromatic carbocycles. The minimum Gasteiger partial charge on any atom is -0.493 e. The number of morpholine rings is 1. The lowest BCUT2D eigenvalue weighted by atomic mass is 9.89. The monoisotopic (exact) mass is 319 g/mol. The summed E-state index contributed by atoms with van der Waals surface area (Å²) in [6.07, 6.45) is 0.780. The van der Waals surface area contributed by atoms with Gasteiger partial charge in [-0.15, -0.1) is 0 Å². The molecular formula is C17H21NO5. The number of carboxylic acid groups (broad SMARTS) is 1. The molecule has 1 aromatic rings. The van der Waals surface area contributed by atoms with Gasteiger partial charge in [-0.2, -0.15) is 0 Å². The quantitative estimate of drug-likeness (QED) is 0.913. The predicted octanol–water partition coefficient (Wildman–Crippen LogP) is 1.64. The third-order valence-electron chi connectivity index (χ3n) is 4.40. The fourth-order valence-corrected chi connectivity index (χ4v) is 3.23. The smallest absolute Gasteiger partial charge is 0.306 e. The van der Waals surface area contributed by atoms with Gasteiger partial charge in [0.25, 0.3) is 0 Å². The van der Waals surface area contributed by atoms with Crippen molar-refractivity contribution in [3.63, 3.8) is 0 Å². The highest BCUT2D eigenvalue weighted by Crippen LogP contribution is 2.35. The number of carbonyl (C=O) groups is 2. The number of benzene rings is 1. The van der Waals surface area contributed by atoms with Gasteiger partial charge in [-0.3, -0.25) is 9.59 Å². The number of amides is 1. The lowest BCUT2D eigenvalue weighted by Gasteiger charge is -2.34. The minimum absolute atomic E-state index is 0.0605. The van der Waals surface area contributed by atoms with Crippen LogP contribution in [0.1, 0.15) is 30.7 Å². The topological polar surface area (TPSA) is 76.1 Å². The van der Waals surface area contributed by atoms with Gasteiger partial charge in [-0.1, -0.05) is 18.2 Å². The molecule has 0 unspecified atom stereocenters. The number of carbonyl (C=O) groups excluding carboxylic acids is 1. The highest BCUT2D eigenvalue weighted by atomic mass is 16.5. The van der Waals surface area contributed by atoms with Crippen LogP contribution in [0.3, 0.4) is 0 Å². The van der Waals surface area contributed by atoms with Crippen LogP contribution in [0.2, 0.25) is 0 Å². The summed E-state index contributed by atoms with van der Waals surface area (Å²) < 4.78 is 11.1. The van der Waals surface area contributed by atoms with Crippen LogP contribution in [-0.4, -0.2) is 54.3 Å². The van der Waals surface area contributed by atoms with E-state index < -0.39 is 12.1 Å². The molecule has 6 nitrogen and oxygen atoms in total. The van der Waals surface area contributed by atoms with Gasteiger partial charge in [-0.05, 0) is 24.0 Å². The number of hydrogen-bond donors (Lipinski definition) is 1. The summed E-state index contributed by atoms with van der Waals surface area (Å²) in [5.74, 6) is 0.184. The van der Waals surface area contributed by atoms with Crippen molar-refractivity contribution in [2.24, 2.45) is 0 Å². The molecule has 0 radical (unpaired) electrons. The molecule has 1 saturated heterocycles. The number of ether oxygens (including phenoxy) is 2. The van der Waals surface area contributed by atoms with Crippen LogP contribution in [0, 0.1) is 0 Å². The molecule has 0 saturated carbocycles. The zero-order chi connectivity index (χ0) is 16.2. The Hall–Kier alpha value is -2.08. The van der Waals surface area contributed by atoms with E-state index in [1.54, 1.807) is 4.90 Å². The fourth-order valence-electron chi connectivity index (χ4n) is 3.23. The maximum atomic E-state index is 12.6. The summed E-state index contributed by atoms with van der Waals surface area (Å²) >= 11 is 0. The van der Waals surface area contributed by atoms with E-state index in [4.69, 9.17) is 14.6 Å². The Labute approximate surface area is 135 Å². The third kappa shape index (κ3) is 3.82. The predicted molar refractivity (Wildman–Crippen MR) is 82.5 cm³/mol. The lowest BCUT2D eigenvalue weighted by Crippen LogP contribution is -2.46. The van der Waals surface area contributed by atoms with E-state index in [1.165, 1.54) is 0 Å². The van der Waals surface area contributed by atoms with Crippen LogP contribution in [0.5, 0.6) is 5.75 Å². The Kier molecular flexibility index (Phi) is 4.81. The van der Waals surface area contributed by atoms with Gasteiger partial charge in [0.05, 0.1) is 25.7 Å². The average Bonchev–Trinajstić information content (AvgIpc) is 2.55. The number of carboxylic acids is 1. The van der Waals surface area contributed by atoms with E-state index in [0.29, 0.717) is 32.7 Å². The van der Waals surface area contributed by atoms with Gasteiger partial charge in [0, 0.05) is 19.5 Å². The van der Waals surface area contributed by atoms with Crippen molar-refractivity contribution in [1.82, 2.24) is 4.90 Å². The Morgan fingerprint density at radius 1 is 1.22 bits per heavy atom. The highest BCUT2D eigenvalue weighted by Gasteiger charge is 2.29. The van der Waals surface area contributed by atoms with Crippen LogP contribution in [0.15, 0.2) is 24.3 Å². The fraction of sp³-hybridized carbons (Fsp3) is 0.529. The van der Waals surface area contributed by atoms with Gasteiger partial charge in [0.15, 0.2) is 0 Å². The normalized spacial score (nSPS) is 23.7. The van der Waals surface area contributed by atoms with Crippen LogP contribution >= 0.6 is 0 Å². The van der Waals surface area contributed by atoms with E-state index in [2.05, 4.69) is 0 Å². The molecule has 0 spiro atoms. The average molecular weight is 319 g/mol. The number of hydrogen-bond acceptors (Lipinski definition) is 4. The van der Waals surface area contributed by atoms with Crippen molar-refractivity contribution in [2.75, 3.05) is 26.3 Å². The minimum atomic E-state index is -0.900. The second kappa shape index (κ2) is 7.00. The first kappa shape index (κ1) is 15.8. The third-order valence-corrected chi connectivity index (χ3v) is 4.40. The van der Waals surface area contributed by atoms with E-state index in [9.17, 15) is 9.59 Å². The second-order valence-corrected chi connectivity index (χ2v) is 6.01. The van der Waals surface area contributed by atoms with Crippen LogP contribution in [0.25, 0.3) is 0 Å². The first-order valence-electron chi connectivity index (χ1n) is 7.96. The molecule has 1 amide bonds. The Morgan fingerprint density at radius 2 is 2.04 bits per heavy atom. The van der Waals surface area contributed by atoms with E-state index in [1.807, 2.05) is 24.3 Å². The molecule has 1 fully saturated rings. The number of rotatable bonds is 4. The number of nitrogens with zero attached hydrogens (tertiary/aromatic N) is 1. The van der Waals surface area contributed by atoms with Crippen molar-refractivity contribution in [3.8, 4) is 5.75 Å². The standard InChI is InChI=1S/C17H21NO5/c19-16(18-6-8-22-13(11-18)10-17(20)21)9-12-5-7-23-15-4-2-1-3-14(12)15/h1-4,12-13H,5-11H2,(H,20,21)/t12-,13+/m0/s1. The molecule has 6 heteroatoms. The van der Waals surface area contributed by atoms with Gasteiger partial charge in [0.1, 0.15) is 5.75 Å². The maximum absolute atomic E-state index is 12.6. The van der Waals surface area contributed by atoms with Gasteiger partial charge in [-0.25, -0.2) is 0 Å². The van der Waals surface area contributed by atoms with Crippen molar-refractivity contribution >= 4 is 11.9 Å². The molecule has 0 aliphatic carbocycles. The summed E-state index contributed by atoms with van der Waals surface area (Å²) in [7, 11) is 0. The Balaban J connectivity index is 1.62. The molecule has 2 atom stereocenters. The molecule has 23 heavy (non-hydrogen) atoms. The molecular weight excluding hydrogens is 298 g/mol. The SMILES string of the molecule is O=C(O)C[C@@H]1CN(C(=O)C[C@@H]2CCOc3ccccc32)CCO1. The van der Waals surface area contributed by atoms with Gasteiger partial charge < -0.3 is 19.5 Å². The summed E-state index contributed by atoms with van der Waals surface area (Å²) in [6.45, 7) is 1.91. The zero-order valence-corrected chi connectivity index (χ0v) is 12.9. The van der Waals surface area contributed by atoms with E-state index in [0.717, 1.165) is 17.7 Å². The molecule has 2 heterocycles. The largest absolute Gasteiger partial charge is 0.493 e. The lowest BCUT2D eigenvalue weighted by molar-refractivity contribution is -0.148. The summed E-state index contributed by atoms with van der Waals surface area (Å²) in [6, 6.07) is 7.84.